The van der Waals surface area contributed by atoms with Crippen LogP contribution in [0.4, 0.5) is 0 Å². The van der Waals surface area contributed by atoms with Crippen LogP contribution in [0.3, 0.4) is 0 Å². The van der Waals surface area contributed by atoms with E-state index >= 15 is 0 Å². The van der Waals surface area contributed by atoms with E-state index in [2.05, 4.69) is 0 Å². The van der Waals surface area contributed by atoms with E-state index in [-0.39, 0.29) is 47.1 Å². The van der Waals surface area contributed by atoms with Gasteiger partial charge in [-0.1, -0.05) is 0 Å². The van der Waals surface area contributed by atoms with Gasteiger partial charge < -0.3 is 17.2 Å². The molecule has 0 amide bonds. The topological polar surface area (TPSA) is 150 Å². The Morgan fingerprint density at radius 2 is 0.692 bits per heavy atom. The number of hydrogen-bond acceptors (Lipinski definition) is 3. The maximum atomic E-state index is 6.28. The van der Waals surface area contributed by atoms with Crippen LogP contribution < -0.4 is 17.2 Å². The van der Waals surface area contributed by atoms with Crippen LogP contribution in [0, 0.1) is 16.2 Å². The van der Waals surface area contributed by atoms with Crippen LogP contribution in [0.25, 0.3) is 0 Å². The predicted molar refractivity (Wildman–Crippen MR) is 58.5 cm³/mol. The van der Waals surface area contributed by atoms with Crippen molar-refractivity contribution in [3.05, 3.63) is 0 Å². The minimum absolute atomic E-state index is 0. The first kappa shape index (κ1) is 22.8. The van der Waals surface area contributed by atoms with Crippen molar-refractivity contribution >= 4 is 47.1 Å². The Morgan fingerprint density at radius 3 is 0.692 bits per heavy atom. The average molecular weight is 197 g/mol. The van der Waals surface area contributed by atoms with Gasteiger partial charge in [-0.25, -0.2) is 0 Å². The Balaban J connectivity index is -0.0000000450. The Bertz CT molecular complexity index is 115. The van der Waals surface area contributed by atoms with E-state index in [1.54, 1.807) is 0 Å². The van der Waals surface area contributed by atoms with Crippen LogP contribution >= 0.6 is 0 Å². The molecule has 6 nitrogen and oxygen atoms in total. The van der Waals surface area contributed by atoms with E-state index in [9.17, 15) is 0 Å². The van der Waals surface area contributed by atoms with Gasteiger partial charge in [0.05, 0.1) is 17.5 Å². The van der Waals surface area contributed by atoms with Gasteiger partial charge in [-0.15, -0.1) is 0 Å². The molecule has 0 heterocycles. The number of nitrogens with one attached hydrogen (secondary N) is 3. The molecule has 0 fully saturated rings. The molecule has 0 spiro atoms. The van der Waals surface area contributed by atoms with E-state index in [1.807, 2.05) is 0 Å². The summed E-state index contributed by atoms with van der Waals surface area (Å²) in [5.41, 5.74) is 14.1. The smallest absolute Gasteiger partial charge is 0.0873 e. The van der Waals surface area contributed by atoms with Crippen molar-refractivity contribution in [2.24, 2.45) is 17.2 Å². The fraction of sp³-hybridized carbons (Fsp3) is 0.500. The summed E-state index contributed by atoms with van der Waals surface area (Å²) in [6.45, 7) is 4.58. The van der Waals surface area contributed by atoms with Gasteiger partial charge in [-0.3, -0.25) is 16.2 Å². The van der Waals surface area contributed by atoms with Crippen molar-refractivity contribution < 1.29 is 0 Å². The van der Waals surface area contributed by atoms with Crippen molar-refractivity contribution in [1.82, 2.24) is 0 Å². The van der Waals surface area contributed by atoms with Gasteiger partial charge in [0, 0.05) is 29.6 Å². The molecule has 0 atom stereocenters. The standard InChI is InChI=1S/3C2H6N2.Na/c3*1-2(3)4;/h3*1H3,(H3,3,4);. The Hall–Kier alpha value is -0.590. The molecule has 1 radical (unpaired) electrons. The van der Waals surface area contributed by atoms with Crippen molar-refractivity contribution in [1.29, 1.82) is 16.2 Å². The third kappa shape index (κ3) is 2900. The van der Waals surface area contributed by atoms with Crippen LogP contribution in [0.15, 0.2) is 0 Å². The van der Waals surface area contributed by atoms with Crippen LogP contribution in [-0.4, -0.2) is 47.1 Å². The SMILES string of the molecule is CC(=N)N.CC(=N)N.CC(=N)N.[Na]. The fourth-order valence-electron chi connectivity index (χ4n) is 0. The zero-order valence-corrected chi connectivity index (χ0v) is 10.7. The van der Waals surface area contributed by atoms with Gasteiger partial charge in [0.1, 0.15) is 0 Å². The second kappa shape index (κ2) is 17.5. The molecule has 73 valence electrons. The van der Waals surface area contributed by atoms with Crippen molar-refractivity contribution in [2.45, 2.75) is 20.8 Å². The quantitative estimate of drug-likeness (QED) is 0.175. The van der Waals surface area contributed by atoms with Gasteiger partial charge in [0.25, 0.3) is 0 Å². The van der Waals surface area contributed by atoms with E-state index < -0.39 is 0 Å². The van der Waals surface area contributed by atoms with Gasteiger partial charge in [-0.2, -0.15) is 0 Å². The summed E-state index contributed by atoms with van der Waals surface area (Å²) in [4.78, 5) is 0. The first-order valence-corrected chi connectivity index (χ1v) is 3.12. The summed E-state index contributed by atoms with van der Waals surface area (Å²) >= 11 is 0. The maximum Gasteiger partial charge on any atom is 0.0873 e. The molecule has 0 aliphatic heterocycles. The second-order valence-corrected chi connectivity index (χ2v) is 2.05. The van der Waals surface area contributed by atoms with E-state index in [0.717, 1.165) is 0 Å². The first-order valence-electron chi connectivity index (χ1n) is 3.12. The number of hydrogen-bond donors (Lipinski definition) is 6. The molecule has 13 heavy (non-hydrogen) atoms. The monoisotopic (exact) mass is 197 g/mol. The summed E-state index contributed by atoms with van der Waals surface area (Å²) in [6, 6.07) is 0. The Morgan fingerprint density at radius 1 is 0.692 bits per heavy atom. The van der Waals surface area contributed by atoms with Crippen LogP contribution in [0.1, 0.15) is 20.8 Å². The minimum Gasteiger partial charge on any atom is -0.388 e. The molecular formula is C6H18N6Na. The molecule has 0 unspecified atom stereocenters. The van der Waals surface area contributed by atoms with Crippen molar-refractivity contribution in [2.75, 3.05) is 0 Å². The van der Waals surface area contributed by atoms with Gasteiger partial charge in [0.15, 0.2) is 0 Å². The Kier molecular flexibility index (Phi) is 30.7. The van der Waals surface area contributed by atoms with E-state index in [4.69, 9.17) is 33.4 Å². The molecule has 0 aromatic rings. The van der Waals surface area contributed by atoms with E-state index in [1.165, 1.54) is 20.8 Å². The molecule has 0 saturated heterocycles. The zero-order chi connectivity index (χ0) is 10.7. The molecule has 9 N–H and O–H groups in total. The largest absolute Gasteiger partial charge is 0.388 e. The molecule has 0 aromatic carbocycles. The molecule has 0 rings (SSSR count). The normalized spacial score (nSPS) is 5.77. The third-order valence-corrected chi connectivity index (χ3v) is 0. The van der Waals surface area contributed by atoms with Crippen LogP contribution in [-0.2, 0) is 0 Å². The zero-order valence-electron chi connectivity index (χ0n) is 8.73. The fourth-order valence-corrected chi connectivity index (χ4v) is 0. The third-order valence-electron chi connectivity index (χ3n) is 0. The van der Waals surface area contributed by atoms with Gasteiger partial charge in [0.2, 0.25) is 0 Å². The second-order valence-electron chi connectivity index (χ2n) is 2.05. The molecule has 7 heteroatoms. The van der Waals surface area contributed by atoms with Crippen molar-refractivity contribution in [3.63, 3.8) is 0 Å². The molecular weight excluding hydrogens is 179 g/mol. The number of rotatable bonds is 0. The van der Waals surface area contributed by atoms with E-state index in [0.29, 0.717) is 0 Å². The van der Waals surface area contributed by atoms with Crippen LogP contribution in [0.5, 0.6) is 0 Å². The summed E-state index contributed by atoms with van der Waals surface area (Å²) < 4.78 is 0. The summed E-state index contributed by atoms with van der Waals surface area (Å²) in [5.74, 6) is 0.500. The summed E-state index contributed by atoms with van der Waals surface area (Å²) in [7, 11) is 0. The van der Waals surface area contributed by atoms with Crippen molar-refractivity contribution in [3.8, 4) is 0 Å². The molecule has 0 aliphatic rings. The Labute approximate surface area is 101 Å². The maximum absolute atomic E-state index is 6.28. The van der Waals surface area contributed by atoms with Crippen LogP contribution in [0.2, 0.25) is 0 Å². The summed E-state index contributed by atoms with van der Waals surface area (Å²) in [6.07, 6.45) is 0. The molecule has 0 bridgehead atoms. The predicted octanol–water partition coefficient (Wildman–Crippen LogP) is -0.554. The average Bonchev–Trinajstić information content (AvgIpc) is 1.54. The summed E-state index contributed by atoms with van der Waals surface area (Å²) in [5, 5.41) is 18.8. The first-order chi connectivity index (χ1) is 5.20. The molecule has 0 aromatic heterocycles. The van der Waals surface area contributed by atoms with Gasteiger partial charge >= 0.3 is 0 Å². The van der Waals surface area contributed by atoms with Gasteiger partial charge in [-0.05, 0) is 20.8 Å². The molecule has 0 saturated carbocycles. The number of nitrogens with two attached hydrogens (primary N) is 3. The minimum atomic E-state index is 0. The molecule has 0 aliphatic carbocycles. The number of amidine groups is 3.